The molecular formula is C25H24ClN3O2. The number of carbonyl (C=O) groups excluding carboxylic acids is 2. The molecule has 1 saturated heterocycles. The van der Waals surface area contributed by atoms with Gasteiger partial charge in [0.05, 0.1) is 0 Å². The third-order valence-electron chi connectivity index (χ3n) is 5.41. The van der Waals surface area contributed by atoms with Gasteiger partial charge in [0.15, 0.2) is 0 Å². The zero-order valence-corrected chi connectivity index (χ0v) is 17.8. The zero-order valence-electron chi connectivity index (χ0n) is 17.1. The maximum atomic E-state index is 12.6. The maximum absolute atomic E-state index is 12.6. The second-order valence-electron chi connectivity index (χ2n) is 7.45. The van der Waals surface area contributed by atoms with Crippen molar-refractivity contribution in [3.63, 3.8) is 0 Å². The van der Waals surface area contributed by atoms with Crippen molar-refractivity contribution < 1.29 is 9.59 Å². The SMILES string of the molecule is O=C(Nc1ccc(N2CCN(C(=O)c3ccccc3)CC2)cc1)C(Cl)c1ccccc1. The molecule has 158 valence electrons. The fourth-order valence-corrected chi connectivity index (χ4v) is 3.87. The van der Waals surface area contributed by atoms with Crippen LogP contribution in [0.25, 0.3) is 0 Å². The van der Waals surface area contributed by atoms with E-state index in [0.29, 0.717) is 18.8 Å². The average molecular weight is 434 g/mol. The molecule has 3 aromatic rings. The van der Waals surface area contributed by atoms with Crippen LogP contribution >= 0.6 is 11.6 Å². The summed E-state index contributed by atoms with van der Waals surface area (Å²) in [5.74, 6) is -0.180. The third kappa shape index (κ3) is 5.06. The van der Waals surface area contributed by atoms with Gasteiger partial charge in [0, 0.05) is 43.1 Å². The Morgan fingerprint density at radius 2 is 1.35 bits per heavy atom. The number of piperazine rings is 1. The molecule has 31 heavy (non-hydrogen) atoms. The van der Waals surface area contributed by atoms with E-state index in [2.05, 4.69) is 10.2 Å². The summed E-state index contributed by atoms with van der Waals surface area (Å²) in [5, 5.41) is 2.13. The van der Waals surface area contributed by atoms with E-state index < -0.39 is 5.38 Å². The normalized spacial score (nSPS) is 14.7. The van der Waals surface area contributed by atoms with Crippen LogP contribution in [0.1, 0.15) is 21.3 Å². The summed E-state index contributed by atoms with van der Waals surface area (Å²) in [6.07, 6.45) is 0. The van der Waals surface area contributed by atoms with E-state index in [1.807, 2.05) is 89.8 Å². The van der Waals surface area contributed by atoms with Gasteiger partial charge in [-0.05, 0) is 42.0 Å². The number of halogens is 1. The van der Waals surface area contributed by atoms with Crippen LogP contribution in [0, 0.1) is 0 Å². The first-order valence-corrected chi connectivity index (χ1v) is 10.7. The highest BCUT2D eigenvalue weighted by Crippen LogP contribution is 2.24. The first kappa shape index (κ1) is 20.9. The summed E-state index contributed by atoms with van der Waals surface area (Å²) in [4.78, 5) is 29.2. The van der Waals surface area contributed by atoms with Crippen molar-refractivity contribution in [3.05, 3.63) is 96.1 Å². The lowest BCUT2D eigenvalue weighted by Crippen LogP contribution is -2.48. The van der Waals surface area contributed by atoms with Gasteiger partial charge in [-0.2, -0.15) is 0 Å². The molecule has 4 rings (SSSR count). The Balaban J connectivity index is 1.32. The Morgan fingerprint density at radius 1 is 0.774 bits per heavy atom. The highest BCUT2D eigenvalue weighted by molar-refractivity contribution is 6.32. The van der Waals surface area contributed by atoms with Crippen molar-refractivity contribution >= 4 is 34.8 Å². The molecule has 1 unspecified atom stereocenters. The van der Waals surface area contributed by atoms with Crippen molar-refractivity contribution in [1.82, 2.24) is 4.90 Å². The number of benzene rings is 3. The van der Waals surface area contributed by atoms with E-state index in [4.69, 9.17) is 11.6 Å². The molecule has 0 aromatic heterocycles. The van der Waals surface area contributed by atoms with Crippen molar-refractivity contribution in [2.45, 2.75) is 5.38 Å². The van der Waals surface area contributed by atoms with Crippen molar-refractivity contribution in [2.75, 3.05) is 36.4 Å². The Hall–Kier alpha value is -3.31. The number of carbonyl (C=O) groups is 2. The molecule has 6 heteroatoms. The molecule has 1 N–H and O–H groups in total. The quantitative estimate of drug-likeness (QED) is 0.600. The first-order valence-electron chi connectivity index (χ1n) is 10.3. The molecule has 3 aromatic carbocycles. The third-order valence-corrected chi connectivity index (χ3v) is 5.86. The molecular weight excluding hydrogens is 410 g/mol. The van der Waals surface area contributed by atoms with Gasteiger partial charge in [-0.15, -0.1) is 11.6 Å². The molecule has 1 fully saturated rings. The van der Waals surface area contributed by atoms with Gasteiger partial charge >= 0.3 is 0 Å². The fourth-order valence-electron chi connectivity index (χ4n) is 3.67. The summed E-state index contributed by atoms with van der Waals surface area (Å²) in [5.41, 5.74) is 3.26. The number of nitrogens with zero attached hydrogens (tertiary/aromatic N) is 2. The van der Waals surface area contributed by atoms with Gasteiger partial charge in [0.1, 0.15) is 5.38 Å². The average Bonchev–Trinajstić information content (AvgIpc) is 2.85. The predicted octanol–water partition coefficient (Wildman–Crippen LogP) is 4.57. The van der Waals surface area contributed by atoms with Crippen LogP contribution in [0.5, 0.6) is 0 Å². The summed E-state index contributed by atoms with van der Waals surface area (Å²) >= 11 is 6.29. The van der Waals surface area contributed by atoms with E-state index in [1.165, 1.54) is 0 Å². The highest BCUT2D eigenvalue weighted by Gasteiger charge is 2.22. The summed E-state index contributed by atoms with van der Waals surface area (Å²) in [6.45, 7) is 2.89. The van der Waals surface area contributed by atoms with Gasteiger partial charge in [-0.3, -0.25) is 9.59 Å². The summed E-state index contributed by atoms with van der Waals surface area (Å²) < 4.78 is 0. The van der Waals surface area contributed by atoms with E-state index in [1.54, 1.807) is 0 Å². The van der Waals surface area contributed by atoms with Crippen LogP contribution in [-0.4, -0.2) is 42.9 Å². The summed E-state index contributed by atoms with van der Waals surface area (Å²) in [7, 11) is 0. The second kappa shape index (κ2) is 9.67. The predicted molar refractivity (Wildman–Crippen MR) is 125 cm³/mol. The number of amides is 2. The topological polar surface area (TPSA) is 52.7 Å². The molecule has 0 bridgehead atoms. The minimum absolute atomic E-state index is 0.0763. The number of anilines is 2. The van der Waals surface area contributed by atoms with E-state index in [-0.39, 0.29) is 11.8 Å². The Bertz CT molecular complexity index is 1020. The smallest absolute Gasteiger partial charge is 0.253 e. The Labute approximate surface area is 187 Å². The minimum Gasteiger partial charge on any atom is -0.368 e. The van der Waals surface area contributed by atoms with E-state index in [0.717, 1.165) is 29.9 Å². The highest BCUT2D eigenvalue weighted by atomic mass is 35.5. The first-order chi connectivity index (χ1) is 15.1. The maximum Gasteiger partial charge on any atom is 0.253 e. The minimum atomic E-state index is -0.740. The molecule has 1 aliphatic rings. The molecule has 0 aliphatic carbocycles. The fraction of sp³-hybridized carbons (Fsp3) is 0.200. The van der Waals surface area contributed by atoms with Gasteiger partial charge in [0.25, 0.3) is 5.91 Å². The van der Waals surface area contributed by atoms with Gasteiger partial charge < -0.3 is 15.1 Å². The van der Waals surface area contributed by atoms with Gasteiger partial charge in [0.2, 0.25) is 5.91 Å². The zero-order chi connectivity index (χ0) is 21.6. The number of alkyl halides is 1. The van der Waals surface area contributed by atoms with Crippen LogP contribution in [-0.2, 0) is 4.79 Å². The number of hydrogen-bond donors (Lipinski definition) is 1. The largest absolute Gasteiger partial charge is 0.368 e. The van der Waals surface area contributed by atoms with Crippen molar-refractivity contribution in [3.8, 4) is 0 Å². The van der Waals surface area contributed by atoms with Crippen LogP contribution < -0.4 is 10.2 Å². The molecule has 2 amide bonds. The van der Waals surface area contributed by atoms with Crippen LogP contribution in [0.2, 0.25) is 0 Å². The Kier molecular flexibility index (Phi) is 6.53. The lowest BCUT2D eigenvalue weighted by atomic mass is 10.1. The standard InChI is InChI=1S/C25H24ClN3O2/c26-23(19-7-3-1-4-8-19)24(30)27-21-11-13-22(14-12-21)28-15-17-29(18-16-28)25(31)20-9-5-2-6-10-20/h1-14,23H,15-18H2,(H,27,30). The monoisotopic (exact) mass is 433 g/mol. The number of nitrogens with one attached hydrogen (secondary N) is 1. The van der Waals surface area contributed by atoms with Crippen LogP contribution in [0.4, 0.5) is 11.4 Å². The van der Waals surface area contributed by atoms with Crippen molar-refractivity contribution in [2.24, 2.45) is 0 Å². The summed E-state index contributed by atoms with van der Waals surface area (Å²) in [6, 6.07) is 26.4. The second-order valence-corrected chi connectivity index (χ2v) is 7.89. The van der Waals surface area contributed by atoms with Gasteiger partial charge in [-0.25, -0.2) is 0 Å². The molecule has 0 radical (unpaired) electrons. The van der Waals surface area contributed by atoms with E-state index in [9.17, 15) is 9.59 Å². The molecule has 0 saturated carbocycles. The van der Waals surface area contributed by atoms with Gasteiger partial charge in [-0.1, -0.05) is 48.5 Å². The van der Waals surface area contributed by atoms with Crippen LogP contribution in [0.15, 0.2) is 84.9 Å². The molecule has 5 nitrogen and oxygen atoms in total. The molecule has 1 atom stereocenters. The molecule has 1 heterocycles. The van der Waals surface area contributed by atoms with Crippen LogP contribution in [0.3, 0.4) is 0 Å². The van der Waals surface area contributed by atoms with Crippen molar-refractivity contribution in [1.29, 1.82) is 0 Å². The Morgan fingerprint density at radius 3 is 1.97 bits per heavy atom. The molecule has 0 spiro atoms. The van der Waals surface area contributed by atoms with E-state index >= 15 is 0 Å². The number of hydrogen-bond acceptors (Lipinski definition) is 3. The lowest BCUT2D eigenvalue weighted by Gasteiger charge is -2.36. The number of rotatable bonds is 5. The lowest BCUT2D eigenvalue weighted by molar-refractivity contribution is -0.116. The molecule has 1 aliphatic heterocycles.